The zero-order valence-corrected chi connectivity index (χ0v) is 15.9. The van der Waals surface area contributed by atoms with Gasteiger partial charge in [0.2, 0.25) is 0 Å². The molecule has 3 amide bonds. The van der Waals surface area contributed by atoms with E-state index in [-0.39, 0.29) is 12.1 Å². The molecule has 7 nitrogen and oxygen atoms in total. The minimum absolute atomic E-state index is 0.0967. The van der Waals surface area contributed by atoms with E-state index in [9.17, 15) is 9.59 Å². The number of carbonyl (C=O) groups excluding carboxylic acids is 2. The molecule has 2 rings (SSSR count). The number of ether oxygens (including phenoxy) is 2. The topological polar surface area (TPSA) is 71.1 Å². The van der Waals surface area contributed by atoms with E-state index in [0.29, 0.717) is 45.9 Å². The van der Waals surface area contributed by atoms with Gasteiger partial charge in [-0.05, 0) is 38.3 Å². The van der Waals surface area contributed by atoms with E-state index in [4.69, 9.17) is 9.47 Å². The van der Waals surface area contributed by atoms with Gasteiger partial charge in [-0.15, -0.1) is 0 Å². The van der Waals surface area contributed by atoms with Crippen LogP contribution in [0.15, 0.2) is 18.2 Å². The molecule has 1 aliphatic rings. The predicted molar refractivity (Wildman–Crippen MR) is 99.6 cm³/mol. The summed E-state index contributed by atoms with van der Waals surface area (Å²) in [6, 6.07) is 5.97. The first-order chi connectivity index (χ1) is 12.5. The van der Waals surface area contributed by atoms with Gasteiger partial charge in [0.25, 0.3) is 0 Å². The van der Waals surface area contributed by atoms with Crippen molar-refractivity contribution in [1.29, 1.82) is 0 Å². The molecule has 1 aromatic rings. The second-order valence-electron chi connectivity index (χ2n) is 6.33. The molecule has 1 heterocycles. The van der Waals surface area contributed by atoms with E-state index in [1.807, 2.05) is 32.0 Å². The molecule has 0 radical (unpaired) electrons. The van der Waals surface area contributed by atoms with Crippen molar-refractivity contribution in [3.05, 3.63) is 29.3 Å². The number of rotatable bonds is 6. The summed E-state index contributed by atoms with van der Waals surface area (Å²) in [6.45, 7) is 9.36. The number of aryl methyl sites for hydroxylation is 2. The van der Waals surface area contributed by atoms with Crippen LogP contribution in [0.25, 0.3) is 0 Å². The molecule has 0 saturated carbocycles. The zero-order chi connectivity index (χ0) is 18.9. The lowest BCUT2D eigenvalue weighted by molar-refractivity contribution is 0.0851. The van der Waals surface area contributed by atoms with Crippen LogP contribution >= 0.6 is 0 Å². The van der Waals surface area contributed by atoms with Crippen molar-refractivity contribution in [2.24, 2.45) is 0 Å². The number of urea groups is 1. The summed E-state index contributed by atoms with van der Waals surface area (Å²) >= 11 is 0. The molecule has 7 heteroatoms. The second kappa shape index (κ2) is 9.89. The number of nitrogens with zero attached hydrogens (tertiary/aromatic N) is 2. The number of hydrogen-bond donors (Lipinski definition) is 1. The van der Waals surface area contributed by atoms with Gasteiger partial charge in [0.1, 0.15) is 5.75 Å². The molecule has 0 atom stereocenters. The molecule has 26 heavy (non-hydrogen) atoms. The summed E-state index contributed by atoms with van der Waals surface area (Å²) in [7, 11) is 0. The van der Waals surface area contributed by atoms with E-state index in [0.717, 1.165) is 23.3 Å². The SMILES string of the molecule is CCOC(=O)N1CCN(C(=O)NCCCOc2c(C)cccc2C)CC1. The lowest BCUT2D eigenvalue weighted by Crippen LogP contribution is -2.53. The molecular weight excluding hydrogens is 334 g/mol. The lowest BCUT2D eigenvalue weighted by Gasteiger charge is -2.34. The van der Waals surface area contributed by atoms with Crippen molar-refractivity contribution < 1.29 is 19.1 Å². The molecule has 1 aliphatic heterocycles. The van der Waals surface area contributed by atoms with E-state index in [2.05, 4.69) is 5.32 Å². The van der Waals surface area contributed by atoms with Gasteiger partial charge in [0.05, 0.1) is 13.2 Å². The fourth-order valence-corrected chi connectivity index (χ4v) is 2.89. The maximum Gasteiger partial charge on any atom is 0.409 e. The third-order valence-electron chi connectivity index (χ3n) is 4.35. The molecule has 0 spiro atoms. The fourth-order valence-electron chi connectivity index (χ4n) is 2.89. The van der Waals surface area contributed by atoms with Crippen LogP contribution in [0.3, 0.4) is 0 Å². The van der Waals surface area contributed by atoms with Crippen LogP contribution in [0.4, 0.5) is 9.59 Å². The highest BCUT2D eigenvalue weighted by Gasteiger charge is 2.24. The van der Waals surface area contributed by atoms with Crippen LogP contribution in [0.5, 0.6) is 5.75 Å². The van der Waals surface area contributed by atoms with Crippen LogP contribution in [-0.2, 0) is 4.74 Å². The van der Waals surface area contributed by atoms with Crippen LogP contribution < -0.4 is 10.1 Å². The maximum atomic E-state index is 12.2. The average Bonchev–Trinajstić information content (AvgIpc) is 2.63. The van der Waals surface area contributed by atoms with Crippen molar-refractivity contribution in [3.63, 3.8) is 0 Å². The Hall–Kier alpha value is -2.44. The highest BCUT2D eigenvalue weighted by Crippen LogP contribution is 2.22. The zero-order valence-electron chi connectivity index (χ0n) is 15.9. The van der Waals surface area contributed by atoms with Crippen molar-refractivity contribution in [2.45, 2.75) is 27.2 Å². The van der Waals surface area contributed by atoms with Gasteiger partial charge in [-0.1, -0.05) is 18.2 Å². The van der Waals surface area contributed by atoms with Crippen molar-refractivity contribution >= 4 is 12.1 Å². The molecule has 0 bridgehead atoms. The molecule has 0 unspecified atom stereocenters. The van der Waals surface area contributed by atoms with Gasteiger partial charge in [0, 0.05) is 32.7 Å². The number of piperazine rings is 1. The third-order valence-corrected chi connectivity index (χ3v) is 4.35. The smallest absolute Gasteiger partial charge is 0.409 e. The quantitative estimate of drug-likeness (QED) is 0.789. The average molecular weight is 363 g/mol. The molecule has 1 fully saturated rings. The minimum atomic E-state index is -0.309. The summed E-state index contributed by atoms with van der Waals surface area (Å²) in [6.07, 6.45) is 0.429. The number of para-hydroxylation sites is 1. The fraction of sp³-hybridized carbons (Fsp3) is 0.579. The Morgan fingerprint density at radius 1 is 1.08 bits per heavy atom. The predicted octanol–water partition coefficient (Wildman–Crippen LogP) is 2.56. The standard InChI is InChI=1S/C19H29N3O4/c1-4-25-19(24)22-12-10-21(11-13-22)18(23)20-9-6-14-26-17-15(2)7-5-8-16(17)3/h5,7-8H,4,6,9-14H2,1-3H3,(H,20,23). The molecule has 1 N–H and O–H groups in total. The Morgan fingerprint density at radius 2 is 1.69 bits per heavy atom. The highest BCUT2D eigenvalue weighted by atomic mass is 16.6. The van der Waals surface area contributed by atoms with Gasteiger partial charge in [-0.2, -0.15) is 0 Å². The summed E-state index contributed by atoms with van der Waals surface area (Å²) < 4.78 is 10.8. The Kier molecular flexibility index (Phi) is 7.56. The van der Waals surface area contributed by atoms with Crippen molar-refractivity contribution in [1.82, 2.24) is 15.1 Å². The van der Waals surface area contributed by atoms with Gasteiger partial charge in [-0.25, -0.2) is 9.59 Å². The molecular formula is C19H29N3O4. The summed E-state index contributed by atoms with van der Waals surface area (Å²) in [5.41, 5.74) is 2.24. The van der Waals surface area contributed by atoms with Crippen LogP contribution in [0.2, 0.25) is 0 Å². The van der Waals surface area contributed by atoms with Gasteiger partial charge in [-0.3, -0.25) is 0 Å². The monoisotopic (exact) mass is 363 g/mol. The summed E-state index contributed by atoms with van der Waals surface area (Å²) in [5, 5.41) is 2.91. The largest absolute Gasteiger partial charge is 0.493 e. The van der Waals surface area contributed by atoms with Crippen LogP contribution in [0, 0.1) is 13.8 Å². The molecule has 1 aromatic carbocycles. The van der Waals surface area contributed by atoms with Crippen molar-refractivity contribution in [2.75, 3.05) is 45.9 Å². The first-order valence-corrected chi connectivity index (χ1v) is 9.16. The van der Waals surface area contributed by atoms with E-state index >= 15 is 0 Å². The Morgan fingerprint density at radius 3 is 2.31 bits per heavy atom. The molecule has 0 aromatic heterocycles. The number of benzene rings is 1. The van der Waals surface area contributed by atoms with Gasteiger partial charge < -0.3 is 24.6 Å². The number of nitrogens with one attached hydrogen (secondary N) is 1. The minimum Gasteiger partial charge on any atom is -0.493 e. The van der Waals surface area contributed by atoms with Gasteiger partial charge >= 0.3 is 12.1 Å². The first kappa shape index (κ1) is 19.9. The Balaban J connectivity index is 1.63. The third kappa shape index (κ3) is 5.54. The number of carbonyl (C=O) groups is 2. The highest BCUT2D eigenvalue weighted by molar-refractivity contribution is 5.75. The molecule has 0 aliphatic carbocycles. The molecule has 1 saturated heterocycles. The summed E-state index contributed by atoms with van der Waals surface area (Å²) in [5.74, 6) is 0.925. The van der Waals surface area contributed by atoms with Gasteiger partial charge in [0.15, 0.2) is 0 Å². The van der Waals surface area contributed by atoms with E-state index in [1.54, 1.807) is 16.7 Å². The summed E-state index contributed by atoms with van der Waals surface area (Å²) in [4.78, 5) is 27.2. The number of hydrogen-bond acceptors (Lipinski definition) is 4. The second-order valence-corrected chi connectivity index (χ2v) is 6.33. The van der Waals surface area contributed by atoms with Crippen LogP contribution in [-0.4, -0.2) is 67.9 Å². The van der Waals surface area contributed by atoms with E-state index in [1.165, 1.54) is 0 Å². The van der Waals surface area contributed by atoms with Crippen LogP contribution in [0.1, 0.15) is 24.5 Å². The van der Waals surface area contributed by atoms with Crippen molar-refractivity contribution in [3.8, 4) is 5.75 Å². The Labute approximate surface area is 155 Å². The normalized spacial score (nSPS) is 14.1. The Bertz CT molecular complexity index is 593. The maximum absolute atomic E-state index is 12.2. The van der Waals surface area contributed by atoms with E-state index < -0.39 is 0 Å². The lowest BCUT2D eigenvalue weighted by atomic mass is 10.1. The molecule has 144 valence electrons. The number of amides is 3. The first-order valence-electron chi connectivity index (χ1n) is 9.16.